The van der Waals surface area contributed by atoms with Gasteiger partial charge >= 0.3 is 6.16 Å². The SMILES string of the molecule is CCCCC/C=C\C/C=C\CCCCCCCCOC(=O)OCCCCCCCCCCCCCCCCCCCC. The fourth-order valence-electron chi connectivity index (χ4n) is 5.45. The Kier molecular flexibility index (Phi) is 36.7. The second-order valence-corrected chi connectivity index (χ2v) is 12.5. The van der Waals surface area contributed by atoms with Gasteiger partial charge in [0, 0.05) is 0 Å². The molecular formula is C39H74O3. The van der Waals surface area contributed by atoms with Crippen molar-refractivity contribution in [2.24, 2.45) is 0 Å². The Morgan fingerprint density at radius 1 is 0.381 bits per heavy atom. The first-order valence-electron chi connectivity index (χ1n) is 18.9. The predicted octanol–water partition coefficient (Wildman–Crippen LogP) is 14.0. The lowest BCUT2D eigenvalue weighted by Gasteiger charge is -2.06. The van der Waals surface area contributed by atoms with Crippen molar-refractivity contribution in [1.82, 2.24) is 0 Å². The number of hydrogen-bond acceptors (Lipinski definition) is 3. The Bertz CT molecular complexity index is 568. The molecule has 0 saturated heterocycles. The number of rotatable bonds is 34. The van der Waals surface area contributed by atoms with Crippen molar-refractivity contribution in [3.63, 3.8) is 0 Å². The van der Waals surface area contributed by atoms with Gasteiger partial charge in [0.05, 0.1) is 13.2 Å². The van der Waals surface area contributed by atoms with Crippen LogP contribution in [0, 0.1) is 0 Å². The van der Waals surface area contributed by atoms with Crippen LogP contribution in [0.25, 0.3) is 0 Å². The Labute approximate surface area is 264 Å². The molecule has 0 N–H and O–H groups in total. The summed E-state index contributed by atoms with van der Waals surface area (Å²) in [5.41, 5.74) is 0. The summed E-state index contributed by atoms with van der Waals surface area (Å²) in [6.45, 7) is 5.54. The van der Waals surface area contributed by atoms with E-state index in [9.17, 15) is 4.79 Å². The van der Waals surface area contributed by atoms with Gasteiger partial charge in [-0.25, -0.2) is 4.79 Å². The molecule has 0 spiro atoms. The molecule has 0 amide bonds. The molecule has 0 aliphatic carbocycles. The zero-order chi connectivity index (χ0) is 30.4. The number of hydrogen-bond donors (Lipinski definition) is 0. The fourth-order valence-corrected chi connectivity index (χ4v) is 5.45. The molecule has 3 nitrogen and oxygen atoms in total. The molecule has 0 unspecified atom stereocenters. The second-order valence-electron chi connectivity index (χ2n) is 12.5. The summed E-state index contributed by atoms with van der Waals surface area (Å²) in [5, 5.41) is 0. The molecule has 0 aromatic carbocycles. The molecule has 0 bridgehead atoms. The third-order valence-corrected chi connectivity index (χ3v) is 8.28. The lowest BCUT2D eigenvalue weighted by molar-refractivity contribution is 0.0529. The Morgan fingerprint density at radius 2 is 0.667 bits per heavy atom. The minimum Gasteiger partial charge on any atom is -0.434 e. The maximum absolute atomic E-state index is 11.7. The monoisotopic (exact) mass is 591 g/mol. The molecule has 0 saturated carbocycles. The van der Waals surface area contributed by atoms with Crippen LogP contribution in [0.4, 0.5) is 4.79 Å². The minimum absolute atomic E-state index is 0.482. The lowest BCUT2D eigenvalue weighted by Crippen LogP contribution is -2.09. The molecule has 248 valence electrons. The van der Waals surface area contributed by atoms with Gasteiger partial charge in [-0.05, 0) is 44.9 Å². The van der Waals surface area contributed by atoms with Crippen molar-refractivity contribution < 1.29 is 14.3 Å². The van der Waals surface area contributed by atoms with Crippen molar-refractivity contribution in [3.05, 3.63) is 24.3 Å². The third kappa shape index (κ3) is 36.8. The highest BCUT2D eigenvalue weighted by atomic mass is 16.7. The number of carbonyl (C=O) groups is 1. The van der Waals surface area contributed by atoms with Crippen LogP contribution in [0.3, 0.4) is 0 Å². The zero-order valence-electron chi connectivity index (χ0n) is 28.7. The third-order valence-electron chi connectivity index (χ3n) is 8.28. The van der Waals surface area contributed by atoms with Gasteiger partial charge < -0.3 is 9.47 Å². The van der Waals surface area contributed by atoms with Crippen LogP contribution in [-0.2, 0) is 9.47 Å². The van der Waals surface area contributed by atoms with Crippen LogP contribution >= 0.6 is 0 Å². The average molecular weight is 591 g/mol. The largest absolute Gasteiger partial charge is 0.508 e. The average Bonchev–Trinajstić information content (AvgIpc) is 3.00. The van der Waals surface area contributed by atoms with E-state index in [2.05, 4.69) is 38.2 Å². The minimum atomic E-state index is -0.482. The normalized spacial score (nSPS) is 11.7. The summed E-state index contributed by atoms with van der Waals surface area (Å²) in [6, 6.07) is 0. The van der Waals surface area contributed by atoms with Crippen LogP contribution in [0.1, 0.15) is 206 Å². The van der Waals surface area contributed by atoms with E-state index in [0.717, 1.165) is 32.1 Å². The molecule has 3 heteroatoms. The van der Waals surface area contributed by atoms with Crippen LogP contribution in [0.2, 0.25) is 0 Å². The second kappa shape index (κ2) is 37.8. The molecule has 0 aliphatic rings. The predicted molar refractivity (Wildman–Crippen MR) is 185 cm³/mol. The summed E-state index contributed by atoms with van der Waals surface area (Å²) < 4.78 is 10.5. The quantitative estimate of drug-likeness (QED) is 0.0425. The molecule has 0 fully saturated rings. The standard InChI is InChI=1S/C39H74O3/c1-3-5-7-9-11-13-15-17-19-21-22-24-26-28-30-32-34-36-38-42-39(40)41-37-35-33-31-29-27-25-23-20-18-16-14-12-10-8-6-4-2/h12,14,18,20H,3-11,13,15-17,19,21-38H2,1-2H3/b14-12-,20-18-. The van der Waals surface area contributed by atoms with Gasteiger partial charge in [-0.1, -0.05) is 186 Å². The van der Waals surface area contributed by atoms with Gasteiger partial charge in [0.2, 0.25) is 0 Å². The summed E-state index contributed by atoms with van der Waals surface area (Å²) in [4.78, 5) is 11.7. The molecular weight excluding hydrogens is 516 g/mol. The fraction of sp³-hybridized carbons (Fsp3) is 0.872. The molecule has 0 atom stereocenters. The topological polar surface area (TPSA) is 35.5 Å². The Balaban J connectivity index is 3.20. The number of allylic oxidation sites excluding steroid dienone is 4. The van der Waals surface area contributed by atoms with E-state index in [0.29, 0.717) is 13.2 Å². The highest BCUT2D eigenvalue weighted by Gasteiger charge is 2.03. The van der Waals surface area contributed by atoms with Crippen LogP contribution < -0.4 is 0 Å². The van der Waals surface area contributed by atoms with Gasteiger partial charge in [0.15, 0.2) is 0 Å². The zero-order valence-corrected chi connectivity index (χ0v) is 28.7. The van der Waals surface area contributed by atoms with E-state index < -0.39 is 6.16 Å². The van der Waals surface area contributed by atoms with Crippen molar-refractivity contribution in [3.8, 4) is 0 Å². The number of ether oxygens (including phenoxy) is 2. The van der Waals surface area contributed by atoms with Crippen molar-refractivity contribution in [1.29, 1.82) is 0 Å². The van der Waals surface area contributed by atoms with Crippen LogP contribution in [0.5, 0.6) is 0 Å². The summed E-state index contributed by atoms with van der Waals surface area (Å²) in [7, 11) is 0. The molecule has 42 heavy (non-hydrogen) atoms. The lowest BCUT2D eigenvalue weighted by atomic mass is 10.0. The first-order valence-corrected chi connectivity index (χ1v) is 18.9. The van der Waals surface area contributed by atoms with Gasteiger partial charge in [-0.3, -0.25) is 0 Å². The van der Waals surface area contributed by atoms with E-state index in [1.807, 2.05) is 0 Å². The van der Waals surface area contributed by atoms with Crippen molar-refractivity contribution >= 4 is 6.16 Å². The maximum Gasteiger partial charge on any atom is 0.508 e. The molecule has 0 rings (SSSR count). The van der Waals surface area contributed by atoms with Crippen LogP contribution in [0.15, 0.2) is 24.3 Å². The summed E-state index contributed by atoms with van der Waals surface area (Å²) in [5.74, 6) is 0. The van der Waals surface area contributed by atoms with Gasteiger partial charge in [-0.2, -0.15) is 0 Å². The van der Waals surface area contributed by atoms with E-state index in [-0.39, 0.29) is 0 Å². The van der Waals surface area contributed by atoms with Crippen molar-refractivity contribution in [2.45, 2.75) is 206 Å². The van der Waals surface area contributed by atoms with Gasteiger partial charge in [0.25, 0.3) is 0 Å². The van der Waals surface area contributed by atoms with Crippen LogP contribution in [-0.4, -0.2) is 19.4 Å². The highest BCUT2D eigenvalue weighted by Crippen LogP contribution is 2.14. The molecule has 0 heterocycles. The van der Waals surface area contributed by atoms with E-state index >= 15 is 0 Å². The highest BCUT2D eigenvalue weighted by molar-refractivity contribution is 5.59. The summed E-state index contributed by atoms with van der Waals surface area (Å²) >= 11 is 0. The van der Waals surface area contributed by atoms with E-state index in [1.165, 1.54) is 161 Å². The number of carbonyl (C=O) groups excluding carboxylic acids is 1. The molecule has 0 radical (unpaired) electrons. The maximum atomic E-state index is 11.7. The molecule has 0 aliphatic heterocycles. The Hall–Kier alpha value is -1.25. The van der Waals surface area contributed by atoms with Gasteiger partial charge in [-0.15, -0.1) is 0 Å². The summed E-state index contributed by atoms with van der Waals surface area (Å²) in [6.07, 6.45) is 47.9. The molecule has 0 aromatic rings. The van der Waals surface area contributed by atoms with Gasteiger partial charge in [0.1, 0.15) is 0 Å². The van der Waals surface area contributed by atoms with E-state index in [4.69, 9.17) is 9.47 Å². The number of unbranched alkanes of at least 4 members (excludes halogenated alkanes) is 26. The smallest absolute Gasteiger partial charge is 0.434 e. The first-order chi connectivity index (χ1) is 20.8. The van der Waals surface area contributed by atoms with Crippen molar-refractivity contribution in [2.75, 3.05) is 13.2 Å². The Morgan fingerprint density at radius 3 is 1.05 bits per heavy atom. The molecule has 0 aromatic heterocycles. The van der Waals surface area contributed by atoms with E-state index in [1.54, 1.807) is 0 Å². The first kappa shape index (κ1) is 40.8.